The number of hydrogen-bond acceptors (Lipinski definition) is 5. The van der Waals surface area contributed by atoms with Crippen molar-refractivity contribution < 1.29 is 0 Å². The summed E-state index contributed by atoms with van der Waals surface area (Å²) in [5.74, 6) is 1.59. The Morgan fingerprint density at radius 2 is 1.97 bits per heavy atom. The lowest BCUT2D eigenvalue weighted by atomic mass is 10.1. The second-order valence-electron chi connectivity index (χ2n) is 6.51. The van der Waals surface area contributed by atoms with Gasteiger partial charge < -0.3 is 0 Å². The molecule has 0 fully saturated rings. The summed E-state index contributed by atoms with van der Waals surface area (Å²) < 4.78 is 3.13. The number of thioether (sulfide) groups is 1. The van der Waals surface area contributed by atoms with E-state index in [0.717, 1.165) is 37.5 Å². The number of rotatable bonds is 7. The van der Waals surface area contributed by atoms with Gasteiger partial charge in [-0.05, 0) is 25.1 Å². The highest BCUT2D eigenvalue weighted by molar-refractivity contribution is 9.10. The Bertz CT molecular complexity index is 1130. The highest BCUT2D eigenvalue weighted by atomic mass is 79.9. The number of aromatic nitrogens is 4. The summed E-state index contributed by atoms with van der Waals surface area (Å²) in [5.41, 5.74) is 4.49. The van der Waals surface area contributed by atoms with E-state index in [1.807, 2.05) is 30.3 Å². The largest absolute Gasteiger partial charge is 0.298 e. The van der Waals surface area contributed by atoms with Crippen molar-refractivity contribution in [2.45, 2.75) is 24.4 Å². The van der Waals surface area contributed by atoms with Crippen LogP contribution in [0.3, 0.4) is 0 Å². The van der Waals surface area contributed by atoms with Gasteiger partial charge >= 0.3 is 0 Å². The summed E-state index contributed by atoms with van der Waals surface area (Å²) >= 11 is 6.80. The molecule has 146 valence electrons. The van der Waals surface area contributed by atoms with E-state index in [-0.39, 0.29) is 0 Å². The van der Waals surface area contributed by atoms with Crippen LogP contribution in [0.2, 0.25) is 0 Å². The second kappa shape index (κ2) is 9.07. The molecule has 2 aromatic heterocycles. The van der Waals surface area contributed by atoms with Gasteiger partial charge in [0.25, 0.3) is 0 Å². The molecule has 4 aromatic rings. The van der Waals surface area contributed by atoms with Crippen molar-refractivity contribution in [3.8, 4) is 22.0 Å². The van der Waals surface area contributed by atoms with Gasteiger partial charge in [-0.3, -0.25) is 4.57 Å². The van der Waals surface area contributed by atoms with Gasteiger partial charge in [0, 0.05) is 33.3 Å². The van der Waals surface area contributed by atoms with Crippen molar-refractivity contribution >= 4 is 39.0 Å². The van der Waals surface area contributed by atoms with Gasteiger partial charge in [0.05, 0.1) is 5.69 Å². The molecule has 2 aromatic carbocycles. The van der Waals surface area contributed by atoms with Gasteiger partial charge in [-0.2, -0.15) is 0 Å². The number of benzene rings is 2. The van der Waals surface area contributed by atoms with E-state index in [2.05, 4.69) is 73.8 Å². The van der Waals surface area contributed by atoms with E-state index < -0.39 is 0 Å². The molecule has 0 N–H and O–H groups in total. The minimum Gasteiger partial charge on any atom is -0.298 e. The smallest absolute Gasteiger partial charge is 0.192 e. The van der Waals surface area contributed by atoms with E-state index in [0.29, 0.717) is 6.54 Å². The summed E-state index contributed by atoms with van der Waals surface area (Å²) in [4.78, 5) is 4.80. The Labute approximate surface area is 186 Å². The monoisotopic (exact) mass is 482 g/mol. The lowest BCUT2D eigenvalue weighted by Crippen LogP contribution is -2.00. The van der Waals surface area contributed by atoms with E-state index in [1.165, 1.54) is 11.1 Å². The lowest BCUT2D eigenvalue weighted by molar-refractivity contribution is 0.731. The van der Waals surface area contributed by atoms with Crippen LogP contribution in [0, 0.1) is 6.92 Å². The van der Waals surface area contributed by atoms with E-state index in [4.69, 9.17) is 4.98 Å². The summed E-state index contributed by atoms with van der Waals surface area (Å²) in [7, 11) is 0. The first-order valence-electron chi connectivity index (χ1n) is 9.08. The number of allylic oxidation sites excluding steroid dienone is 1. The highest BCUT2D eigenvalue weighted by Crippen LogP contribution is 2.30. The molecule has 0 atom stereocenters. The molecule has 7 heteroatoms. The third kappa shape index (κ3) is 4.69. The molecule has 0 aliphatic carbocycles. The van der Waals surface area contributed by atoms with Crippen molar-refractivity contribution in [2.75, 3.05) is 0 Å². The average Bonchev–Trinajstić information content (AvgIpc) is 3.35. The van der Waals surface area contributed by atoms with Crippen LogP contribution in [-0.2, 0) is 12.3 Å². The van der Waals surface area contributed by atoms with Gasteiger partial charge in [-0.1, -0.05) is 69.7 Å². The van der Waals surface area contributed by atoms with Crippen molar-refractivity contribution in [1.82, 2.24) is 19.7 Å². The Hall–Kier alpha value is -2.22. The van der Waals surface area contributed by atoms with Gasteiger partial charge in [0.15, 0.2) is 11.0 Å². The van der Waals surface area contributed by atoms with Crippen molar-refractivity contribution in [3.63, 3.8) is 0 Å². The maximum Gasteiger partial charge on any atom is 0.192 e. The standard InChI is InChI=1S/C22H19BrN4S2/c1-3-11-27-20(16-7-9-18(23)10-8-16)25-26-22(27)29-14-19-13-28-21(24-19)17-6-4-5-15(2)12-17/h3-10,12-13H,1,11,14H2,2H3. The molecule has 0 bridgehead atoms. The van der Waals surface area contributed by atoms with Crippen LogP contribution >= 0.6 is 39.0 Å². The maximum absolute atomic E-state index is 4.80. The fraction of sp³-hybridized carbons (Fsp3) is 0.136. The molecular weight excluding hydrogens is 464 g/mol. The van der Waals surface area contributed by atoms with Crippen LogP contribution < -0.4 is 0 Å². The quantitative estimate of drug-likeness (QED) is 0.219. The second-order valence-corrected chi connectivity index (χ2v) is 9.23. The molecule has 0 aliphatic rings. The van der Waals surface area contributed by atoms with Gasteiger partial charge in [0.1, 0.15) is 5.01 Å². The van der Waals surface area contributed by atoms with Crippen LogP contribution in [0.1, 0.15) is 11.3 Å². The Balaban J connectivity index is 1.53. The van der Waals surface area contributed by atoms with E-state index in [9.17, 15) is 0 Å². The third-order valence-corrected chi connectivity index (χ3v) is 6.77. The zero-order valence-corrected chi connectivity index (χ0v) is 19.1. The Morgan fingerprint density at radius 3 is 2.72 bits per heavy atom. The first-order valence-corrected chi connectivity index (χ1v) is 11.7. The molecule has 0 spiro atoms. The molecule has 0 amide bonds. The Kier molecular flexibility index (Phi) is 6.28. The number of thiazole rings is 1. The Morgan fingerprint density at radius 1 is 1.14 bits per heavy atom. The van der Waals surface area contributed by atoms with E-state index in [1.54, 1.807) is 23.1 Å². The summed E-state index contributed by atoms with van der Waals surface area (Å²) in [5, 5.41) is 12.9. The lowest BCUT2D eigenvalue weighted by Gasteiger charge is -2.07. The fourth-order valence-electron chi connectivity index (χ4n) is 2.92. The zero-order chi connectivity index (χ0) is 20.2. The minimum atomic E-state index is 0.659. The molecule has 4 rings (SSSR count). The SMILES string of the molecule is C=CCn1c(SCc2csc(-c3cccc(C)c3)n2)nnc1-c1ccc(Br)cc1. The molecular formula is C22H19BrN4S2. The summed E-state index contributed by atoms with van der Waals surface area (Å²) in [6.07, 6.45) is 1.87. The molecule has 4 nitrogen and oxygen atoms in total. The number of nitrogens with zero attached hydrogens (tertiary/aromatic N) is 4. The topological polar surface area (TPSA) is 43.6 Å². The van der Waals surface area contributed by atoms with Crippen molar-refractivity contribution in [3.05, 3.63) is 82.3 Å². The molecule has 0 unspecified atom stereocenters. The molecule has 29 heavy (non-hydrogen) atoms. The van der Waals surface area contributed by atoms with Crippen LogP contribution in [0.4, 0.5) is 0 Å². The molecule has 0 saturated heterocycles. The van der Waals surface area contributed by atoms with Crippen LogP contribution in [0.25, 0.3) is 22.0 Å². The first-order chi connectivity index (χ1) is 14.1. The predicted octanol–water partition coefficient (Wildman–Crippen LogP) is 6.62. The normalized spacial score (nSPS) is 11.0. The summed E-state index contributed by atoms with van der Waals surface area (Å²) in [6, 6.07) is 16.5. The number of aryl methyl sites for hydroxylation is 1. The van der Waals surface area contributed by atoms with Gasteiger partial charge in [-0.15, -0.1) is 28.1 Å². The fourth-order valence-corrected chi connectivity index (χ4v) is 4.95. The molecule has 0 saturated carbocycles. The van der Waals surface area contributed by atoms with Gasteiger partial charge in [0.2, 0.25) is 0 Å². The minimum absolute atomic E-state index is 0.659. The first kappa shape index (κ1) is 20.1. The van der Waals surface area contributed by atoms with Gasteiger partial charge in [-0.25, -0.2) is 4.98 Å². The predicted molar refractivity (Wildman–Crippen MR) is 125 cm³/mol. The molecule has 0 radical (unpaired) electrons. The molecule has 0 aliphatic heterocycles. The highest BCUT2D eigenvalue weighted by Gasteiger charge is 2.14. The number of hydrogen-bond donors (Lipinski definition) is 0. The third-order valence-electron chi connectivity index (χ3n) is 4.30. The van der Waals surface area contributed by atoms with Crippen LogP contribution in [0.5, 0.6) is 0 Å². The van der Waals surface area contributed by atoms with E-state index >= 15 is 0 Å². The average molecular weight is 483 g/mol. The van der Waals surface area contributed by atoms with Crippen molar-refractivity contribution in [1.29, 1.82) is 0 Å². The van der Waals surface area contributed by atoms with Crippen LogP contribution in [-0.4, -0.2) is 19.7 Å². The van der Waals surface area contributed by atoms with Crippen molar-refractivity contribution in [2.24, 2.45) is 0 Å². The zero-order valence-electron chi connectivity index (χ0n) is 15.9. The number of halogens is 1. The maximum atomic E-state index is 4.80. The molecule has 2 heterocycles. The summed E-state index contributed by atoms with van der Waals surface area (Å²) in [6.45, 7) is 6.64. The van der Waals surface area contributed by atoms with Crippen LogP contribution in [0.15, 0.2) is 76.2 Å².